The lowest BCUT2D eigenvalue weighted by Crippen LogP contribution is -2.25. The molecule has 0 saturated carbocycles. The predicted octanol–water partition coefficient (Wildman–Crippen LogP) is 3.41. The Balaban J connectivity index is 2.33. The van der Waals surface area contributed by atoms with Crippen LogP contribution in [0.5, 0.6) is 0 Å². The minimum Gasteiger partial charge on any atom is -0.456 e. The topological polar surface area (TPSA) is 52.3 Å². The highest BCUT2D eigenvalue weighted by Crippen LogP contribution is 2.38. The van der Waals surface area contributed by atoms with E-state index in [4.69, 9.17) is 10.5 Å². The van der Waals surface area contributed by atoms with E-state index in [1.165, 1.54) is 11.3 Å². The molecule has 2 rings (SSSR count). The molecule has 1 aromatic heterocycles. The fourth-order valence-electron chi connectivity index (χ4n) is 2.33. The number of hydrogen-bond acceptors (Lipinski definition) is 4. The average Bonchev–Trinajstić information content (AvgIpc) is 2.50. The van der Waals surface area contributed by atoms with Gasteiger partial charge in [-0.05, 0) is 51.5 Å². The first kappa shape index (κ1) is 13.4. The largest absolute Gasteiger partial charge is 0.456 e. The van der Waals surface area contributed by atoms with Gasteiger partial charge in [-0.2, -0.15) is 0 Å². The Hall–Kier alpha value is -1.03. The molecule has 0 amide bonds. The number of hydrogen-bond donors (Lipinski definition) is 1. The van der Waals surface area contributed by atoms with Crippen molar-refractivity contribution in [1.29, 1.82) is 0 Å². The van der Waals surface area contributed by atoms with Crippen LogP contribution in [-0.2, 0) is 17.6 Å². The Bertz CT molecular complexity index is 471. The summed E-state index contributed by atoms with van der Waals surface area (Å²) in [6.07, 6.45) is 3.16. The molecule has 1 unspecified atom stereocenters. The molecule has 100 valence electrons. The predicted molar refractivity (Wildman–Crippen MR) is 75.1 cm³/mol. The number of esters is 1. The van der Waals surface area contributed by atoms with Gasteiger partial charge < -0.3 is 10.5 Å². The second-order valence-electron chi connectivity index (χ2n) is 6.09. The number of ether oxygens (including phenoxy) is 1. The summed E-state index contributed by atoms with van der Waals surface area (Å²) in [6.45, 7) is 7.85. The first-order chi connectivity index (χ1) is 8.28. The molecule has 1 atom stereocenters. The molecule has 3 nitrogen and oxygen atoms in total. The molecule has 18 heavy (non-hydrogen) atoms. The molecule has 0 bridgehead atoms. The van der Waals surface area contributed by atoms with E-state index >= 15 is 0 Å². The van der Waals surface area contributed by atoms with Gasteiger partial charge in [0.1, 0.15) is 10.6 Å². The summed E-state index contributed by atoms with van der Waals surface area (Å²) in [5.41, 5.74) is 7.28. The van der Waals surface area contributed by atoms with Crippen molar-refractivity contribution in [3.05, 3.63) is 16.0 Å². The Labute approximate surface area is 112 Å². The van der Waals surface area contributed by atoms with Gasteiger partial charge in [-0.1, -0.05) is 6.92 Å². The maximum absolute atomic E-state index is 12.2. The Morgan fingerprint density at radius 1 is 1.44 bits per heavy atom. The van der Waals surface area contributed by atoms with Crippen molar-refractivity contribution in [3.63, 3.8) is 0 Å². The van der Waals surface area contributed by atoms with Crippen LogP contribution in [0.25, 0.3) is 0 Å². The van der Waals surface area contributed by atoms with Gasteiger partial charge in [-0.3, -0.25) is 0 Å². The molecular weight excluding hydrogens is 246 g/mol. The number of fused-ring (bicyclic) bond motifs is 1. The molecule has 4 heteroatoms. The van der Waals surface area contributed by atoms with Crippen molar-refractivity contribution >= 4 is 22.3 Å². The maximum atomic E-state index is 12.2. The quantitative estimate of drug-likeness (QED) is 0.793. The van der Waals surface area contributed by atoms with Gasteiger partial charge in [0.05, 0.1) is 5.56 Å². The summed E-state index contributed by atoms with van der Waals surface area (Å²) < 4.78 is 5.45. The first-order valence-electron chi connectivity index (χ1n) is 6.41. The maximum Gasteiger partial charge on any atom is 0.341 e. The minimum atomic E-state index is -0.474. The van der Waals surface area contributed by atoms with Crippen LogP contribution in [0.3, 0.4) is 0 Å². The number of nitrogens with two attached hydrogens (primary N) is 1. The second-order valence-corrected chi connectivity index (χ2v) is 7.23. The number of carbonyl (C=O) groups is 1. The molecule has 0 aromatic carbocycles. The van der Waals surface area contributed by atoms with Crippen molar-refractivity contribution in [2.24, 2.45) is 5.92 Å². The standard InChI is InChI=1S/C14H21NO2S/c1-8-5-6-10-9(7-8)11(12(15)18-10)13(16)17-14(2,3)4/h8H,5-7,15H2,1-4H3. The lowest BCUT2D eigenvalue weighted by molar-refractivity contribution is 0.00698. The lowest BCUT2D eigenvalue weighted by atomic mass is 9.88. The van der Waals surface area contributed by atoms with Gasteiger partial charge in [0.2, 0.25) is 0 Å². The summed E-state index contributed by atoms with van der Waals surface area (Å²) in [5, 5.41) is 0.614. The molecule has 0 saturated heterocycles. The number of thiophene rings is 1. The molecule has 0 fully saturated rings. The van der Waals surface area contributed by atoms with Gasteiger partial charge in [0, 0.05) is 4.88 Å². The third kappa shape index (κ3) is 2.69. The molecule has 1 aliphatic carbocycles. The van der Waals surface area contributed by atoms with Gasteiger partial charge in [0.15, 0.2) is 0 Å². The monoisotopic (exact) mass is 267 g/mol. The van der Waals surface area contributed by atoms with Crippen LogP contribution < -0.4 is 5.73 Å². The van der Waals surface area contributed by atoms with Crippen molar-refractivity contribution in [1.82, 2.24) is 0 Å². The van der Waals surface area contributed by atoms with Crippen molar-refractivity contribution < 1.29 is 9.53 Å². The number of nitrogen functional groups attached to an aromatic ring is 1. The van der Waals surface area contributed by atoms with E-state index in [1.54, 1.807) is 11.3 Å². The van der Waals surface area contributed by atoms with Crippen LogP contribution in [0.4, 0.5) is 5.00 Å². The van der Waals surface area contributed by atoms with E-state index in [1.807, 2.05) is 20.8 Å². The zero-order valence-electron chi connectivity index (χ0n) is 11.5. The molecule has 2 N–H and O–H groups in total. The van der Waals surface area contributed by atoms with Crippen LogP contribution in [0.2, 0.25) is 0 Å². The number of rotatable bonds is 1. The molecule has 1 heterocycles. The molecule has 1 aliphatic rings. The van der Waals surface area contributed by atoms with Crippen molar-refractivity contribution in [2.45, 2.75) is 52.6 Å². The van der Waals surface area contributed by atoms with E-state index < -0.39 is 5.60 Å². The van der Waals surface area contributed by atoms with Crippen molar-refractivity contribution in [2.75, 3.05) is 5.73 Å². The van der Waals surface area contributed by atoms with E-state index in [0.717, 1.165) is 18.4 Å². The van der Waals surface area contributed by atoms with E-state index in [9.17, 15) is 4.79 Å². The summed E-state index contributed by atoms with van der Waals surface area (Å²) in [5.74, 6) is 0.347. The highest BCUT2D eigenvalue weighted by atomic mass is 32.1. The summed E-state index contributed by atoms with van der Waals surface area (Å²) in [4.78, 5) is 13.5. The summed E-state index contributed by atoms with van der Waals surface area (Å²) >= 11 is 1.55. The summed E-state index contributed by atoms with van der Waals surface area (Å²) in [7, 11) is 0. The van der Waals surface area contributed by atoms with Crippen LogP contribution in [0.15, 0.2) is 0 Å². The third-order valence-corrected chi connectivity index (χ3v) is 4.26. The van der Waals surface area contributed by atoms with Crippen molar-refractivity contribution in [3.8, 4) is 0 Å². The first-order valence-corrected chi connectivity index (χ1v) is 7.23. The van der Waals surface area contributed by atoms with E-state index in [2.05, 4.69) is 6.92 Å². The Kier molecular flexibility index (Phi) is 3.41. The van der Waals surface area contributed by atoms with E-state index in [-0.39, 0.29) is 5.97 Å². The smallest absolute Gasteiger partial charge is 0.341 e. The second kappa shape index (κ2) is 4.57. The van der Waals surface area contributed by atoms with E-state index in [0.29, 0.717) is 16.5 Å². The highest BCUT2D eigenvalue weighted by molar-refractivity contribution is 7.16. The molecule has 1 aromatic rings. The van der Waals surface area contributed by atoms with Gasteiger partial charge in [-0.25, -0.2) is 4.79 Å². The highest BCUT2D eigenvalue weighted by Gasteiger charge is 2.29. The molecule has 0 spiro atoms. The number of carbonyl (C=O) groups excluding carboxylic acids is 1. The summed E-state index contributed by atoms with van der Waals surface area (Å²) in [6, 6.07) is 0. The SMILES string of the molecule is CC1CCc2sc(N)c(C(=O)OC(C)(C)C)c2C1. The number of anilines is 1. The zero-order chi connectivity index (χ0) is 13.5. The lowest BCUT2D eigenvalue weighted by Gasteiger charge is -2.22. The molecular formula is C14H21NO2S. The van der Waals surface area contributed by atoms with Gasteiger partial charge in [-0.15, -0.1) is 11.3 Å². The van der Waals surface area contributed by atoms with Gasteiger partial charge in [0.25, 0.3) is 0 Å². The van der Waals surface area contributed by atoms with Gasteiger partial charge >= 0.3 is 5.97 Å². The van der Waals surface area contributed by atoms with Crippen LogP contribution in [-0.4, -0.2) is 11.6 Å². The average molecular weight is 267 g/mol. The molecule has 0 radical (unpaired) electrons. The fourth-order valence-corrected chi connectivity index (χ4v) is 3.43. The van der Waals surface area contributed by atoms with Crippen LogP contribution in [0.1, 0.15) is 54.9 Å². The third-order valence-electron chi connectivity index (χ3n) is 3.14. The van der Waals surface area contributed by atoms with Crippen LogP contribution >= 0.6 is 11.3 Å². The minimum absolute atomic E-state index is 0.272. The Morgan fingerprint density at radius 2 is 2.11 bits per heavy atom. The zero-order valence-corrected chi connectivity index (χ0v) is 12.3. The molecule has 0 aliphatic heterocycles. The number of aryl methyl sites for hydroxylation is 1. The van der Waals surface area contributed by atoms with Crippen LogP contribution in [0, 0.1) is 5.92 Å². The fraction of sp³-hybridized carbons (Fsp3) is 0.643. The Morgan fingerprint density at radius 3 is 2.72 bits per heavy atom. The normalized spacial score (nSPS) is 19.4.